The van der Waals surface area contributed by atoms with Crippen molar-refractivity contribution in [3.05, 3.63) is 18.0 Å². The Labute approximate surface area is 169 Å². The van der Waals surface area contributed by atoms with Crippen molar-refractivity contribution in [1.82, 2.24) is 20.4 Å². The Bertz CT molecular complexity index is 499. The maximum Gasteiger partial charge on any atom is 0.191 e. The van der Waals surface area contributed by atoms with E-state index in [4.69, 9.17) is 4.74 Å². The molecule has 2 rings (SSSR count). The smallest absolute Gasteiger partial charge is 0.191 e. The van der Waals surface area contributed by atoms with E-state index in [0.29, 0.717) is 6.10 Å². The molecular formula is C18H34IN5O. The maximum absolute atomic E-state index is 5.97. The quantitative estimate of drug-likeness (QED) is 0.336. The van der Waals surface area contributed by atoms with Crippen LogP contribution in [0.3, 0.4) is 0 Å². The van der Waals surface area contributed by atoms with Gasteiger partial charge in [0.2, 0.25) is 0 Å². The van der Waals surface area contributed by atoms with Gasteiger partial charge in [-0.15, -0.1) is 24.0 Å². The van der Waals surface area contributed by atoms with Crippen LogP contribution in [-0.4, -0.2) is 48.6 Å². The summed E-state index contributed by atoms with van der Waals surface area (Å²) in [6, 6.07) is 0. The number of nitrogens with one attached hydrogen (secondary N) is 2. The molecule has 0 amide bonds. The van der Waals surface area contributed by atoms with Gasteiger partial charge in [0.05, 0.1) is 18.8 Å². The molecule has 1 atom stereocenters. The summed E-state index contributed by atoms with van der Waals surface area (Å²) in [5.41, 5.74) is 1.19. The lowest BCUT2D eigenvalue weighted by Crippen LogP contribution is -2.40. The molecule has 1 aliphatic rings. The number of ether oxygens (including phenoxy) is 1. The summed E-state index contributed by atoms with van der Waals surface area (Å²) in [4.78, 5) is 4.29. The molecule has 0 bridgehead atoms. The van der Waals surface area contributed by atoms with Crippen LogP contribution in [0.5, 0.6) is 0 Å². The lowest BCUT2D eigenvalue weighted by Gasteiger charge is -2.24. The van der Waals surface area contributed by atoms with E-state index in [1.54, 1.807) is 0 Å². The molecular weight excluding hydrogens is 429 g/mol. The molecule has 2 N–H and O–H groups in total. The number of nitrogens with zero attached hydrogens (tertiary/aromatic N) is 3. The van der Waals surface area contributed by atoms with Gasteiger partial charge in [-0.1, -0.05) is 12.8 Å². The van der Waals surface area contributed by atoms with Crippen LogP contribution >= 0.6 is 24.0 Å². The van der Waals surface area contributed by atoms with Crippen molar-refractivity contribution in [3.8, 4) is 0 Å². The van der Waals surface area contributed by atoms with E-state index in [9.17, 15) is 0 Å². The van der Waals surface area contributed by atoms with Crippen LogP contribution in [0.2, 0.25) is 0 Å². The Morgan fingerprint density at radius 2 is 2.08 bits per heavy atom. The lowest BCUT2D eigenvalue weighted by molar-refractivity contribution is 0.0169. The summed E-state index contributed by atoms with van der Waals surface area (Å²) < 4.78 is 7.92. The summed E-state index contributed by atoms with van der Waals surface area (Å²) in [5, 5.41) is 11.0. The molecule has 0 radical (unpaired) electrons. The minimum Gasteiger partial charge on any atom is -0.378 e. The lowest BCUT2D eigenvalue weighted by atomic mass is 9.98. The molecule has 0 spiro atoms. The van der Waals surface area contributed by atoms with Gasteiger partial charge in [-0.25, -0.2) is 0 Å². The zero-order valence-electron chi connectivity index (χ0n) is 15.8. The Morgan fingerprint density at radius 3 is 2.68 bits per heavy atom. The van der Waals surface area contributed by atoms with Crippen molar-refractivity contribution in [3.63, 3.8) is 0 Å². The third-order valence-electron chi connectivity index (χ3n) is 4.65. The van der Waals surface area contributed by atoms with Gasteiger partial charge >= 0.3 is 0 Å². The second-order valence-corrected chi connectivity index (χ2v) is 6.53. The van der Waals surface area contributed by atoms with E-state index in [-0.39, 0.29) is 24.0 Å². The normalized spacial score (nSPS) is 16.5. The first-order chi connectivity index (χ1) is 11.7. The number of halogens is 1. The van der Waals surface area contributed by atoms with Crippen molar-refractivity contribution in [2.24, 2.45) is 10.9 Å². The first-order valence-corrected chi connectivity index (χ1v) is 9.28. The fourth-order valence-corrected chi connectivity index (χ4v) is 3.43. The minimum absolute atomic E-state index is 0. The Kier molecular flexibility index (Phi) is 11.1. The van der Waals surface area contributed by atoms with Gasteiger partial charge in [0.1, 0.15) is 0 Å². The molecule has 1 unspecified atom stereocenters. The Hall–Kier alpha value is -0.830. The third kappa shape index (κ3) is 7.94. The van der Waals surface area contributed by atoms with Crippen LogP contribution in [0.1, 0.15) is 44.6 Å². The van der Waals surface area contributed by atoms with Crippen LogP contribution in [-0.2, 0) is 11.3 Å². The van der Waals surface area contributed by atoms with E-state index in [1.165, 1.54) is 31.2 Å². The number of aliphatic imine (C=N–C) groups is 1. The number of rotatable bonds is 9. The first kappa shape index (κ1) is 22.2. The van der Waals surface area contributed by atoms with Crippen LogP contribution < -0.4 is 10.6 Å². The van der Waals surface area contributed by atoms with E-state index in [2.05, 4.69) is 34.6 Å². The van der Waals surface area contributed by atoms with Gasteiger partial charge in [0.25, 0.3) is 0 Å². The Balaban J connectivity index is 0.00000312. The highest BCUT2D eigenvalue weighted by Crippen LogP contribution is 2.30. The molecule has 1 heterocycles. The second-order valence-electron chi connectivity index (χ2n) is 6.53. The van der Waals surface area contributed by atoms with Gasteiger partial charge in [-0.2, -0.15) is 5.10 Å². The molecule has 1 aromatic heterocycles. The third-order valence-corrected chi connectivity index (χ3v) is 4.65. The van der Waals surface area contributed by atoms with Gasteiger partial charge in [-0.3, -0.25) is 9.67 Å². The van der Waals surface area contributed by atoms with Crippen LogP contribution in [0.25, 0.3) is 0 Å². The van der Waals surface area contributed by atoms with Gasteiger partial charge in [0.15, 0.2) is 5.96 Å². The van der Waals surface area contributed by atoms with Crippen molar-refractivity contribution in [2.75, 3.05) is 26.7 Å². The van der Waals surface area contributed by atoms with Crippen LogP contribution in [0.4, 0.5) is 0 Å². The number of aryl methyl sites for hydroxylation is 1. The highest BCUT2D eigenvalue weighted by atomic mass is 127. The number of guanidine groups is 1. The molecule has 0 saturated heterocycles. The maximum atomic E-state index is 5.97. The average Bonchev–Trinajstić information content (AvgIpc) is 3.24. The summed E-state index contributed by atoms with van der Waals surface area (Å²) in [6.45, 7) is 7.47. The summed E-state index contributed by atoms with van der Waals surface area (Å²) in [5.74, 6) is 1.59. The predicted octanol–water partition coefficient (Wildman–Crippen LogP) is 2.96. The molecule has 6 nitrogen and oxygen atoms in total. The molecule has 1 saturated carbocycles. The Morgan fingerprint density at radius 1 is 1.36 bits per heavy atom. The fourth-order valence-electron chi connectivity index (χ4n) is 3.43. The monoisotopic (exact) mass is 463 g/mol. The molecule has 7 heteroatoms. The molecule has 25 heavy (non-hydrogen) atoms. The zero-order valence-corrected chi connectivity index (χ0v) is 18.2. The molecule has 144 valence electrons. The zero-order chi connectivity index (χ0) is 17.2. The number of hydrogen-bond acceptors (Lipinski definition) is 3. The summed E-state index contributed by atoms with van der Waals surface area (Å²) in [7, 11) is 1.81. The van der Waals surface area contributed by atoms with Crippen LogP contribution in [0, 0.1) is 12.8 Å². The van der Waals surface area contributed by atoms with Gasteiger partial charge in [-0.05, 0) is 44.6 Å². The van der Waals surface area contributed by atoms with Crippen molar-refractivity contribution in [2.45, 2.75) is 58.6 Å². The minimum atomic E-state index is 0. The average molecular weight is 463 g/mol. The molecule has 0 aliphatic heterocycles. The second kappa shape index (κ2) is 12.5. The standard InChI is InChI=1S/C18H33N5O.HI/c1-4-24-17(16-7-5-6-8-16)9-10-20-18(19-3)21-11-12-23-14-15(2)13-22-23;/h13-14,16-17H,4-12H2,1-3H3,(H2,19,20,21);1H. The van der Waals surface area contributed by atoms with Gasteiger partial charge < -0.3 is 15.4 Å². The summed E-state index contributed by atoms with van der Waals surface area (Å²) in [6.07, 6.45) is 10.7. The SMILES string of the molecule is CCOC(CCNC(=NC)NCCn1cc(C)cn1)C1CCCC1.I. The van der Waals surface area contributed by atoms with Crippen molar-refractivity contribution >= 4 is 29.9 Å². The van der Waals surface area contributed by atoms with E-state index < -0.39 is 0 Å². The fraction of sp³-hybridized carbons (Fsp3) is 0.778. The van der Waals surface area contributed by atoms with Gasteiger partial charge in [0, 0.05) is 32.9 Å². The number of hydrogen-bond donors (Lipinski definition) is 2. The molecule has 1 aliphatic carbocycles. The van der Waals surface area contributed by atoms with E-state index in [0.717, 1.165) is 44.5 Å². The van der Waals surface area contributed by atoms with E-state index >= 15 is 0 Å². The largest absolute Gasteiger partial charge is 0.378 e. The molecule has 0 aromatic carbocycles. The summed E-state index contributed by atoms with van der Waals surface area (Å²) >= 11 is 0. The van der Waals surface area contributed by atoms with E-state index in [1.807, 2.05) is 24.1 Å². The predicted molar refractivity (Wildman–Crippen MR) is 114 cm³/mol. The topological polar surface area (TPSA) is 63.5 Å². The first-order valence-electron chi connectivity index (χ1n) is 9.28. The highest BCUT2D eigenvalue weighted by molar-refractivity contribution is 14.0. The van der Waals surface area contributed by atoms with Crippen molar-refractivity contribution in [1.29, 1.82) is 0 Å². The highest BCUT2D eigenvalue weighted by Gasteiger charge is 2.24. The van der Waals surface area contributed by atoms with Crippen molar-refractivity contribution < 1.29 is 4.74 Å². The van der Waals surface area contributed by atoms with Crippen LogP contribution in [0.15, 0.2) is 17.4 Å². The molecule has 1 aromatic rings. The number of aromatic nitrogens is 2. The molecule has 1 fully saturated rings.